The molecule has 0 aliphatic heterocycles. The number of methoxy groups -OCH3 is 1. The number of ketones is 1. The van der Waals surface area contributed by atoms with Crippen LogP contribution in [0.5, 0.6) is 17.2 Å². The molecular weight excluding hydrogens is 335 g/mol. The van der Waals surface area contributed by atoms with E-state index in [1.165, 1.54) is 25.3 Å². The molecule has 0 aliphatic rings. The van der Waals surface area contributed by atoms with Crippen LogP contribution in [0.4, 0.5) is 4.39 Å². The standard InChI is InChI=1S/C21H19FO4/c1-4-12-26-20-10-7-15(13-21(20)25-5-2)6-9-18(23)16-8-11-19(24-3)17(22)14-16/h1,6-11,13-14H,5,12H2,2-3H3/b9-6+. The highest BCUT2D eigenvalue weighted by molar-refractivity contribution is 6.06. The van der Waals surface area contributed by atoms with Gasteiger partial charge in [-0.2, -0.15) is 0 Å². The maximum Gasteiger partial charge on any atom is 0.185 e. The maximum absolute atomic E-state index is 13.7. The van der Waals surface area contributed by atoms with Crippen LogP contribution in [-0.4, -0.2) is 26.1 Å². The highest BCUT2D eigenvalue weighted by Crippen LogP contribution is 2.29. The van der Waals surface area contributed by atoms with Gasteiger partial charge in [0.05, 0.1) is 13.7 Å². The average molecular weight is 354 g/mol. The first-order valence-electron chi connectivity index (χ1n) is 7.98. The smallest absolute Gasteiger partial charge is 0.185 e. The van der Waals surface area contributed by atoms with Crippen molar-refractivity contribution in [3.05, 3.63) is 59.4 Å². The van der Waals surface area contributed by atoms with Crippen molar-refractivity contribution in [3.63, 3.8) is 0 Å². The lowest BCUT2D eigenvalue weighted by Crippen LogP contribution is -1.99. The van der Waals surface area contributed by atoms with Crippen molar-refractivity contribution in [2.45, 2.75) is 6.92 Å². The number of ether oxygens (including phenoxy) is 3. The molecule has 5 heteroatoms. The van der Waals surface area contributed by atoms with E-state index >= 15 is 0 Å². The van der Waals surface area contributed by atoms with Crippen LogP contribution in [0, 0.1) is 18.2 Å². The number of rotatable bonds is 8. The molecule has 0 unspecified atom stereocenters. The molecule has 0 heterocycles. The minimum atomic E-state index is -0.583. The van der Waals surface area contributed by atoms with Gasteiger partial charge in [-0.05, 0) is 48.9 Å². The Kier molecular flexibility index (Phi) is 6.81. The van der Waals surface area contributed by atoms with Gasteiger partial charge >= 0.3 is 0 Å². The van der Waals surface area contributed by atoms with E-state index in [1.807, 2.05) is 6.92 Å². The summed E-state index contributed by atoms with van der Waals surface area (Å²) in [5.41, 5.74) is 0.974. The number of benzene rings is 2. The van der Waals surface area contributed by atoms with Crippen molar-refractivity contribution in [3.8, 4) is 29.6 Å². The van der Waals surface area contributed by atoms with E-state index in [1.54, 1.807) is 24.3 Å². The normalized spacial score (nSPS) is 10.4. The molecule has 0 radical (unpaired) electrons. The highest BCUT2D eigenvalue weighted by Gasteiger charge is 2.09. The summed E-state index contributed by atoms with van der Waals surface area (Å²) >= 11 is 0. The summed E-state index contributed by atoms with van der Waals surface area (Å²) < 4.78 is 29.5. The summed E-state index contributed by atoms with van der Waals surface area (Å²) in [6.07, 6.45) is 8.19. The monoisotopic (exact) mass is 354 g/mol. The molecule has 0 fully saturated rings. The van der Waals surface area contributed by atoms with Crippen LogP contribution in [0.1, 0.15) is 22.8 Å². The lowest BCUT2D eigenvalue weighted by atomic mass is 10.1. The van der Waals surface area contributed by atoms with E-state index in [9.17, 15) is 9.18 Å². The van der Waals surface area contributed by atoms with Crippen molar-refractivity contribution in [1.82, 2.24) is 0 Å². The fraction of sp³-hybridized carbons (Fsp3) is 0.190. The summed E-state index contributed by atoms with van der Waals surface area (Å²) in [5.74, 6) is 2.65. The van der Waals surface area contributed by atoms with Crippen LogP contribution in [0.15, 0.2) is 42.5 Å². The van der Waals surface area contributed by atoms with Crippen molar-refractivity contribution in [1.29, 1.82) is 0 Å². The Morgan fingerprint density at radius 1 is 1.15 bits per heavy atom. The number of halogens is 1. The summed E-state index contributed by atoms with van der Waals surface area (Å²) in [6, 6.07) is 9.31. The minimum absolute atomic E-state index is 0.0921. The van der Waals surface area contributed by atoms with Gasteiger partial charge in [0.2, 0.25) is 0 Å². The third-order valence-electron chi connectivity index (χ3n) is 3.44. The molecule has 0 aliphatic carbocycles. The molecule has 4 nitrogen and oxygen atoms in total. The molecule has 0 saturated carbocycles. The second-order valence-electron chi connectivity index (χ2n) is 5.18. The number of carbonyl (C=O) groups is 1. The van der Waals surface area contributed by atoms with Crippen molar-refractivity contribution in [2.75, 3.05) is 20.3 Å². The average Bonchev–Trinajstić information content (AvgIpc) is 2.65. The van der Waals surface area contributed by atoms with Gasteiger partial charge in [-0.1, -0.05) is 18.1 Å². The second kappa shape index (κ2) is 9.28. The molecule has 2 rings (SSSR count). The van der Waals surface area contributed by atoms with Crippen molar-refractivity contribution < 1.29 is 23.4 Å². The molecule has 134 valence electrons. The second-order valence-corrected chi connectivity index (χ2v) is 5.18. The first-order valence-corrected chi connectivity index (χ1v) is 7.98. The summed E-state index contributed by atoms with van der Waals surface area (Å²) in [7, 11) is 1.37. The Balaban J connectivity index is 2.18. The molecule has 0 spiro atoms. The zero-order valence-corrected chi connectivity index (χ0v) is 14.6. The van der Waals surface area contributed by atoms with Crippen LogP contribution in [0.25, 0.3) is 6.08 Å². The Labute approximate surface area is 152 Å². The predicted octanol–water partition coefficient (Wildman–Crippen LogP) is 4.14. The number of hydrogen-bond acceptors (Lipinski definition) is 4. The first-order chi connectivity index (χ1) is 12.6. The highest BCUT2D eigenvalue weighted by atomic mass is 19.1. The van der Waals surface area contributed by atoms with E-state index < -0.39 is 5.82 Å². The zero-order chi connectivity index (χ0) is 18.9. The van der Waals surface area contributed by atoms with Crippen molar-refractivity contribution in [2.24, 2.45) is 0 Å². The third kappa shape index (κ3) is 4.87. The zero-order valence-electron chi connectivity index (χ0n) is 14.6. The molecule has 2 aromatic rings. The van der Waals surface area contributed by atoms with Gasteiger partial charge in [-0.25, -0.2) is 4.39 Å². The number of allylic oxidation sites excluding steroid dienone is 1. The fourth-order valence-corrected chi connectivity index (χ4v) is 2.22. The number of terminal acetylenes is 1. The summed E-state index contributed by atoms with van der Waals surface area (Å²) in [6.45, 7) is 2.45. The Bertz CT molecular complexity index is 850. The van der Waals surface area contributed by atoms with Gasteiger partial charge in [0.15, 0.2) is 28.8 Å². The maximum atomic E-state index is 13.7. The molecule has 0 aromatic heterocycles. The molecule has 0 bridgehead atoms. The van der Waals surface area contributed by atoms with Gasteiger partial charge in [0, 0.05) is 5.56 Å². The molecule has 2 aromatic carbocycles. The molecule has 0 amide bonds. The Morgan fingerprint density at radius 3 is 2.58 bits per heavy atom. The van der Waals surface area contributed by atoms with Crippen LogP contribution in [0.2, 0.25) is 0 Å². The van der Waals surface area contributed by atoms with Gasteiger partial charge in [0.25, 0.3) is 0 Å². The van der Waals surface area contributed by atoms with E-state index in [4.69, 9.17) is 20.6 Å². The minimum Gasteiger partial charge on any atom is -0.494 e. The van der Waals surface area contributed by atoms with E-state index in [0.29, 0.717) is 18.1 Å². The van der Waals surface area contributed by atoms with E-state index in [0.717, 1.165) is 11.6 Å². The molecular formula is C21H19FO4. The Hall–Kier alpha value is -3.26. The number of carbonyl (C=O) groups excluding carboxylic acids is 1. The molecule has 0 N–H and O–H groups in total. The van der Waals surface area contributed by atoms with Crippen LogP contribution < -0.4 is 14.2 Å². The summed E-state index contributed by atoms with van der Waals surface area (Å²) in [5, 5.41) is 0. The molecule has 0 atom stereocenters. The lowest BCUT2D eigenvalue weighted by molar-refractivity contribution is 0.104. The van der Waals surface area contributed by atoms with Crippen LogP contribution in [-0.2, 0) is 0 Å². The first kappa shape index (κ1) is 19.1. The SMILES string of the molecule is C#CCOc1ccc(/C=C/C(=O)c2ccc(OC)c(F)c2)cc1OCC. The summed E-state index contributed by atoms with van der Waals surface area (Å²) in [4.78, 5) is 12.2. The van der Waals surface area contributed by atoms with E-state index in [-0.39, 0.29) is 23.7 Å². The molecule has 26 heavy (non-hydrogen) atoms. The van der Waals surface area contributed by atoms with Gasteiger partial charge in [-0.3, -0.25) is 4.79 Å². The number of hydrogen-bond donors (Lipinski definition) is 0. The topological polar surface area (TPSA) is 44.8 Å². The fourth-order valence-electron chi connectivity index (χ4n) is 2.22. The Morgan fingerprint density at radius 2 is 1.92 bits per heavy atom. The molecule has 0 saturated heterocycles. The van der Waals surface area contributed by atoms with E-state index in [2.05, 4.69) is 5.92 Å². The third-order valence-corrected chi connectivity index (χ3v) is 3.44. The predicted molar refractivity (Wildman–Crippen MR) is 98.3 cm³/mol. The largest absolute Gasteiger partial charge is 0.494 e. The van der Waals surface area contributed by atoms with Crippen LogP contribution >= 0.6 is 0 Å². The van der Waals surface area contributed by atoms with Gasteiger partial charge in [0.1, 0.15) is 6.61 Å². The van der Waals surface area contributed by atoms with Crippen LogP contribution in [0.3, 0.4) is 0 Å². The van der Waals surface area contributed by atoms with Crippen molar-refractivity contribution >= 4 is 11.9 Å². The quantitative estimate of drug-likeness (QED) is 0.406. The van der Waals surface area contributed by atoms with Gasteiger partial charge in [-0.15, -0.1) is 6.42 Å². The van der Waals surface area contributed by atoms with Gasteiger partial charge < -0.3 is 14.2 Å². The lowest BCUT2D eigenvalue weighted by Gasteiger charge is -2.10.